The molecular weight excluding hydrogens is 316 g/mol. The van der Waals surface area contributed by atoms with Gasteiger partial charge in [-0.05, 0) is 43.4 Å². The van der Waals surface area contributed by atoms with Crippen molar-refractivity contribution in [3.8, 4) is 0 Å². The van der Waals surface area contributed by atoms with Crippen molar-refractivity contribution < 1.29 is 4.79 Å². The summed E-state index contributed by atoms with van der Waals surface area (Å²) < 4.78 is 1.57. The number of carbonyl (C=O) groups excluding carboxylic acids is 1. The normalized spacial score (nSPS) is 26.9. The summed E-state index contributed by atoms with van der Waals surface area (Å²) in [7, 11) is 1.75. The van der Waals surface area contributed by atoms with Gasteiger partial charge in [0.05, 0.1) is 0 Å². The van der Waals surface area contributed by atoms with Crippen molar-refractivity contribution in [1.82, 2.24) is 14.5 Å². The fraction of sp³-hybridized carbons (Fsp3) is 0.737. The van der Waals surface area contributed by atoms with Crippen LogP contribution in [0.4, 0.5) is 5.82 Å². The number of nitrogens with zero attached hydrogens (tertiary/aromatic N) is 4. The van der Waals surface area contributed by atoms with E-state index in [1.165, 1.54) is 19.3 Å². The highest BCUT2D eigenvalue weighted by molar-refractivity contribution is 5.76. The first-order chi connectivity index (χ1) is 12.1. The summed E-state index contributed by atoms with van der Waals surface area (Å²) >= 11 is 0. The highest BCUT2D eigenvalue weighted by Gasteiger charge is 2.38. The van der Waals surface area contributed by atoms with E-state index in [2.05, 4.69) is 14.8 Å². The van der Waals surface area contributed by atoms with Gasteiger partial charge < -0.3 is 14.4 Å². The molecule has 1 aromatic heterocycles. The zero-order chi connectivity index (χ0) is 17.4. The summed E-state index contributed by atoms with van der Waals surface area (Å²) in [6.45, 7) is 3.61. The van der Waals surface area contributed by atoms with E-state index in [4.69, 9.17) is 0 Å². The third-order valence-electron chi connectivity index (χ3n) is 6.46. The van der Waals surface area contributed by atoms with Crippen molar-refractivity contribution in [2.24, 2.45) is 24.8 Å². The maximum Gasteiger partial charge on any atom is 0.293 e. The number of rotatable bonds is 3. The number of piperidine rings is 1. The second-order valence-corrected chi connectivity index (χ2v) is 8.05. The Kier molecular flexibility index (Phi) is 4.52. The molecule has 0 aromatic carbocycles. The smallest absolute Gasteiger partial charge is 0.293 e. The van der Waals surface area contributed by atoms with Crippen molar-refractivity contribution in [3.05, 3.63) is 22.7 Å². The number of fused-ring (bicyclic) bond motifs is 1. The molecule has 3 aliphatic rings. The lowest BCUT2D eigenvalue weighted by molar-refractivity contribution is -0.131. The van der Waals surface area contributed by atoms with Crippen molar-refractivity contribution in [2.45, 2.75) is 38.5 Å². The largest absolute Gasteiger partial charge is 0.352 e. The number of hydrogen-bond acceptors (Lipinski definition) is 4. The lowest BCUT2D eigenvalue weighted by atomic mass is 9.93. The highest BCUT2D eigenvalue weighted by Crippen LogP contribution is 2.38. The van der Waals surface area contributed by atoms with Gasteiger partial charge in [0, 0.05) is 52.0 Å². The van der Waals surface area contributed by atoms with Crippen molar-refractivity contribution >= 4 is 11.7 Å². The molecule has 0 bridgehead atoms. The number of likely N-dealkylation sites (tertiary alicyclic amines) is 1. The third kappa shape index (κ3) is 3.31. The molecule has 2 unspecified atom stereocenters. The summed E-state index contributed by atoms with van der Waals surface area (Å²) in [5, 5.41) is 0. The van der Waals surface area contributed by atoms with Crippen LogP contribution < -0.4 is 10.5 Å². The molecule has 3 heterocycles. The van der Waals surface area contributed by atoms with Crippen molar-refractivity contribution in [3.63, 3.8) is 0 Å². The minimum absolute atomic E-state index is 0.0411. The molecule has 6 heteroatoms. The molecule has 1 aromatic rings. The lowest BCUT2D eigenvalue weighted by Gasteiger charge is -2.32. The number of amides is 1. The zero-order valence-electron chi connectivity index (χ0n) is 15.1. The van der Waals surface area contributed by atoms with Gasteiger partial charge in [-0.3, -0.25) is 9.59 Å². The van der Waals surface area contributed by atoms with Crippen molar-refractivity contribution in [1.29, 1.82) is 0 Å². The summed E-state index contributed by atoms with van der Waals surface area (Å²) in [5.41, 5.74) is -0.0411. The predicted molar refractivity (Wildman–Crippen MR) is 96.4 cm³/mol. The summed E-state index contributed by atoms with van der Waals surface area (Å²) in [4.78, 5) is 33.3. The molecule has 2 aliphatic heterocycles. The average Bonchev–Trinajstić information content (AvgIpc) is 3.20. The van der Waals surface area contributed by atoms with E-state index in [1.54, 1.807) is 24.0 Å². The Labute approximate surface area is 148 Å². The van der Waals surface area contributed by atoms with Gasteiger partial charge in [0.2, 0.25) is 5.91 Å². The monoisotopic (exact) mass is 344 g/mol. The molecular formula is C19H28N4O2. The molecule has 0 radical (unpaired) electrons. The van der Waals surface area contributed by atoms with Gasteiger partial charge in [-0.1, -0.05) is 6.42 Å². The third-order valence-corrected chi connectivity index (χ3v) is 6.46. The van der Waals surface area contributed by atoms with E-state index in [-0.39, 0.29) is 5.56 Å². The van der Waals surface area contributed by atoms with E-state index in [0.29, 0.717) is 24.1 Å². The first-order valence-corrected chi connectivity index (χ1v) is 9.66. The van der Waals surface area contributed by atoms with Crippen LogP contribution in [0.15, 0.2) is 17.2 Å². The quantitative estimate of drug-likeness (QED) is 0.836. The Morgan fingerprint density at radius 3 is 2.52 bits per heavy atom. The molecule has 1 aliphatic carbocycles. The van der Waals surface area contributed by atoms with Crippen LogP contribution in [0.2, 0.25) is 0 Å². The number of hydrogen-bond donors (Lipinski definition) is 0. The Bertz CT molecular complexity index is 681. The number of carbonyl (C=O) groups is 1. The standard InChI is InChI=1S/C19H28N4O2/c1-21-10-7-20-18(19(21)25)22-8-5-14(6-9-22)11-17(24)23-12-15-3-2-4-16(15)13-23/h7,10,14-16H,2-6,8-9,11-13H2,1H3. The summed E-state index contributed by atoms with van der Waals surface area (Å²) in [6, 6.07) is 0. The number of anilines is 1. The van der Waals surface area contributed by atoms with Gasteiger partial charge in [0.1, 0.15) is 0 Å². The van der Waals surface area contributed by atoms with Gasteiger partial charge >= 0.3 is 0 Å². The minimum Gasteiger partial charge on any atom is -0.352 e. The maximum atomic E-state index is 12.6. The molecule has 136 valence electrons. The SMILES string of the molecule is Cn1ccnc(N2CCC(CC(=O)N3CC4CCCC4C3)CC2)c1=O. The first-order valence-electron chi connectivity index (χ1n) is 9.66. The van der Waals surface area contributed by atoms with Crippen LogP contribution in [0.1, 0.15) is 38.5 Å². The Balaban J connectivity index is 1.30. The number of aryl methyl sites for hydroxylation is 1. The van der Waals surface area contributed by atoms with Gasteiger partial charge in [-0.25, -0.2) is 4.98 Å². The van der Waals surface area contributed by atoms with E-state index >= 15 is 0 Å². The van der Waals surface area contributed by atoms with Crippen molar-refractivity contribution in [2.75, 3.05) is 31.1 Å². The number of aromatic nitrogens is 2. The molecule has 4 rings (SSSR count). The summed E-state index contributed by atoms with van der Waals surface area (Å²) in [5.74, 6) is 2.87. The molecule has 0 N–H and O–H groups in total. The topological polar surface area (TPSA) is 58.4 Å². The predicted octanol–water partition coefficient (Wildman–Crippen LogP) is 1.65. The van der Waals surface area contributed by atoms with Gasteiger partial charge in [-0.15, -0.1) is 0 Å². The van der Waals surface area contributed by atoms with E-state index in [9.17, 15) is 9.59 Å². The van der Waals surface area contributed by atoms with Gasteiger partial charge in [0.25, 0.3) is 5.56 Å². The Morgan fingerprint density at radius 2 is 1.84 bits per heavy atom. The second-order valence-electron chi connectivity index (χ2n) is 8.05. The molecule has 1 amide bonds. The summed E-state index contributed by atoms with van der Waals surface area (Å²) in [6.07, 6.45) is 9.94. The van der Waals surface area contributed by atoms with E-state index in [0.717, 1.165) is 50.9 Å². The lowest BCUT2D eigenvalue weighted by Crippen LogP contribution is -2.40. The van der Waals surface area contributed by atoms with Crippen LogP contribution in [0.3, 0.4) is 0 Å². The van der Waals surface area contributed by atoms with Crippen LogP contribution in [0, 0.1) is 17.8 Å². The molecule has 6 nitrogen and oxygen atoms in total. The first kappa shape index (κ1) is 16.6. The van der Waals surface area contributed by atoms with Gasteiger partial charge in [-0.2, -0.15) is 0 Å². The maximum absolute atomic E-state index is 12.6. The van der Waals surface area contributed by atoms with Crippen LogP contribution in [-0.2, 0) is 11.8 Å². The molecule has 2 atom stereocenters. The average molecular weight is 344 g/mol. The molecule has 25 heavy (non-hydrogen) atoms. The molecule has 3 fully saturated rings. The molecule has 1 saturated carbocycles. The second kappa shape index (κ2) is 6.81. The van der Waals surface area contributed by atoms with Crippen LogP contribution >= 0.6 is 0 Å². The minimum atomic E-state index is -0.0411. The van der Waals surface area contributed by atoms with Crippen LogP contribution in [0.5, 0.6) is 0 Å². The highest BCUT2D eigenvalue weighted by atomic mass is 16.2. The van der Waals surface area contributed by atoms with Crippen LogP contribution in [-0.4, -0.2) is 46.5 Å². The van der Waals surface area contributed by atoms with Gasteiger partial charge in [0.15, 0.2) is 5.82 Å². The molecule has 0 spiro atoms. The zero-order valence-corrected chi connectivity index (χ0v) is 15.1. The Morgan fingerprint density at radius 1 is 1.16 bits per heavy atom. The van der Waals surface area contributed by atoms with E-state index < -0.39 is 0 Å². The Hall–Kier alpha value is -1.85. The fourth-order valence-corrected chi connectivity index (χ4v) is 4.87. The molecule has 2 saturated heterocycles. The fourth-order valence-electron chi connectivity index (χ4n) is 4.87. The van der Waals surface area contributed by atoms with E-state index in [1.807, 2.05) is 0 Å². The van der Waals surface area contributed by atoms with Crippen LogP contribution in [0.25, 0.3) is 0 Å².